The van der Waals surface area contributed by atoms with Gasteiger partial charge < -0.3 is 15.5 Å². The Morgan fingerprint density at radius 1 is 1.10 bits per heavy atom. The van der Waals surface area contributed by atoms with Crippen LogP contribution >= 0.6 is 11.6 Å². The Kier molecular flexibility index (Phi) is 5.74. The third-order valence-corrected chi connectivity index (χ3v) is 4.57. The zero-order valence-electron chi connectivity index (χ0n) is 15.6. The van der Waals surface area contributed by atoms with E-state index in [4.69, 9.17) is 22.2 Å². The van der Waals surface area contributed by atoms with Crippen LogP contribution in [0.3, 0.4) is 0 Å². The van der Waals surface area contributed by atoms with Gasteiger partial charge >= 0.3 is 0 Å². The lowest BCUT2D eigenvalue weighted by Gasteiger charge is -2.14. The maximum Gasteiger partial charge on any atom is 0.146 e. The molecule has 1 aromatic heterocycles. The van der Waals surface area contributed by atoms with Crippen molar-refractivity contribution in [2.24, 2.45) is 5.84 Å². The molecule has 0 saturated heterocycles. The van der Waals surface area contributed by atoms with Crippen LogP contribution in [0.25, 0.3) is 16.6 Å². The zero-order chi connectivity index (χ0) is 20.9. The number of ether oxygens (including phenoxy) is 1. The van der Waals surface area contributed by atoms with Crippen molar-refractivity contribution < 1.29 is 9.13 Å². The molecular weight excluding hydrogens is 405 g/mol. The highest BCUT2D eigenvalue weighted by molar-refractivity contribution is 6.32. The summed E-state index contributed by atoms with van der Waals surface area (Å²) >= 11 is 6.37. The minimum absolute atomic E-state index is 0.365. The molecule has 4 N–H and O–H groups in total. The van der Waals surface area contributed by atoms with Crippen LogP contribution in [-0.2, 0) is 0 Å². The molecule has 150 valence electrons. The molecule has 4 aromatic rings. The second kappa shape index (κ2) is 8.77. The fourth-order valence-electron chi connectivity index (χ4n) is 2.90. The largest absolute Gasteiger partial charge is 0.456 e. The third-order valence-electron chi connectivity index (χ3n) is 4.28. The van der Waals surface area contributed by atoms with Crippen molar-refractivity contribution in [2.45, 2.75) is 0 Å². The van der Waals surface area contributed by atoms with Crippen LogP contribution in [0.15, 0.2) is 79.4 Å². The molecule has 0 fully saturated rings. The summed E-state index contributed by atoms with van der Waals surface area (Å²) in [5.41, 5.74) is 5.71. The van der Waals surface area contributed by atoms with E-state index in [-0.39, 0.29) is 5.82 Å². The number of halogens is 2. The Bertz CT molecular complexity index is 1230. The van der Waals surface area contributed by atoms with E-state index in [2.05, 4.69) is 20.7 Å². The molecule has 4 rings (SSSR count). The predicted molar refractivity (Wildman–Crippen MR) is 116 cm³/mol. The highest BCUT2D eigenvalue weighted by Gasteiger charge is 2.09. The SMILES string of the molecule is NNC=C(Nc1ccc(Oc2cccc(F)c2)c(Cl)c1)c1ccc2ncncc2c1. The smallest absolute Gasteiger partial charge is 0.146 e. The van der Waals surface area contributed by atoms with Crippen LogP contribution in [0.1, 0.15) is 5.56 Å². The number of nitrogens with one attached hydrogen (secondary N) is 2. The molecule has 0 amide bonds. The number of hydrogen-bond acceptors (Lipinski definition) is 6. The first kappa shape index (κ1) is 19.6. The maximum atomic E-state index is 13.4. The van der Waals surface area contributed by atoms with E-state index in [0.29, 0.717) is 16.5 Å². The van der Waals surface area contributed by atoms with Gasteiger partial charge in [-0.3, -0.25) is 5.84 Å². The van der Waals surface area contributed by atoms with Crippen molar-refractivity contribution in [2.75, 3.05) is 5.32 Å². The molecule has 30 heavy (non-hydrogen) atoms. The molecule has 0 bridgehead atoms. The summed E-state index contributed by atoms with van der Waals surface area (Å²) in [6, 6.07) is 16.9. The first-order valence-corrected chi connectivity index (χ1v) is 9.36. The van der Waals surface area contributed by atoms with Gasteiger partial charge in [0.2, 0.25) is 0 Å². The maximum absolute atomic E-state index is 13.4. The van der Waals surface area contributed by atoms with Gasteiger partial charge in [-0.1, -0.05) is 23.7 Å². The molecule has 3 aromatic carbocycles. The fourth-order valence-corrected chi connectivity index (χ4v) is 3.12. The fraction of sp³-hybridized carbons (Fsp3) is 0. The van der Waals surface area contributed by atoms with Crippen molar-refractivity contribution >= 4 is 33.9 Å². The second-order valence-corrected chi connectivity index (χ2v) is 6.76. The van der Waals surface area contributed by atoms with Gasteiger partial charge in [0.1, 0.15) is 23.6 Å². The second-order valence-electron chi connectivity index (χ2n) is 6.35. The van der Waals surface area contributed by atoms with Crippen LogP contribution < -0.4 is 21.3 Å². The summed E-state index contributed by atoms with van der Waals surface area (Å²) in [6.45, 7) is 0. The topological polar surface area (TPSA) is 85.1 Å². The monoisotopic (exact) mass is 421 g/mol. The van der Waals surface area contributed by atoms with Gasteiger partial charge in [0.15, 0.2) is 0 Å². The molecular formula is C22H17ClFN5O. The van der Waals surface area contributed by atoms with E-state index in [1.54, 1.807) is 42.7 Å². The summed E-state index contributed by atoms with van der Waals surface area (Å²) in [5.74, 6) is 5.91. The van der Waals surface area contributed by atoms with Crippen LogP contribution in [0.5, 0.6) is 11.5 Å². The molecule has 0 unspecified atom stereocenters. The van der Waals surface area contributed by atoms with Gasteiger partial charge in [-0.25, -0.2) is 14.4 Å². The van der Waals surface area contributed by atoms with Gasteiger partial charge in [0.05, 0.1) is 16.2 Å². The number of benzene rings is 3. The predicted octanol–water partition coefficient (Wildman–Crippen LogP) is 5.09. The van der Waals surface area contributed by atoms with Gasteiger partial charge in [0, 0.05) is 35.1 Å². The number of hydrogen-bond donors (Lipinski definition) is 3. The van der Waals surface area contributed by atoms with Crippen molar-refractivity contribution in [3.8, 4) is 11.5 Å². The highest BCUT2D eigenvalue weighted by Crippen LogP contribution is 2.33. The summed E-state index contributed by atoms with van der Waals surface area (Å²) in [4.78, 5) is 8.28. The molecule has 6 nitrogen and oxygen atoms in total. The average molecular weight is 422 g/mol. The molecule has 0 atom stereocenters. The van der Waals surface area contributed by atoms with Crippen LogP contribution in [0.4, 0.5) is 10.1 Å². The summed E-state index contributed by atoms with van der Waals surface area (Å²) in [6.07, 6.45) is 4.89. The van der Waals surface area contributed by atoms with E-state index in [1.807, 2.05) is 18.2 Å². The summed E-state index contributed by atoms with van der Waals surface area (Å²) in [7, 11) is 0. The molecule has 0 aliphatic heterocycles. The summed E-state index contributed by atoms with van der Waals surface area (Å²) in [5, 5.41) is 4.55. The molecule has 8 heteroatoms. The Morgan fingerprint density at radius 2 is 2.00 bits per heavy atom. The number of nitrogens with two attached hydrogens (primary N) is 1. The minimum atomic E-state index is -0.383. The normalized spacial score (nSPS) is 11.4. The first-order valence-electron chi connectivity index (χ1n) is 8.99. The average Bonchev–Trinajstić information content (AvgIpc) is 2.75. The van der Waals surface area contributed by atoms with E-state index in [0.717, 1.165) is 27.9 Å². The van der Waals surface area contributed by atoms with Crippen LogP contribution in [-0.4, -0.2) is 9.97 Å². The third kappa shape index (κ3) is 4.48. The Labute approximate surface area is 177 Å². The first-order chi connectivity index (χ1) is 14.6. The Morgan fingerprint density at radius 3 is 2.80 bits per heavy atom. The number of anilines is 1. The van der Waals surface area contributed by atoms with Gasteiger partial charge in [-0.2, -0.15) is 0 Å². The van der Waals surface area contributed by atoms with Crippen LogP contribution in [0, 0.1) is 5.82 Å². The molecule has 0 aliphatic carbocycles. The quantitative estimate of drug-likeness (QED) is 0.297. The molecule has 0 saturated carbocycles. The van der Waals surface area contributed by atoms with E-state index in [1.165, 1.54) is 18.5 Å². The van der Waals surface area contributed by atoms with E-state index in [9.17, 15) is 4.39 Å². The number of nitrogens with zero attached hydrogens (tertiary/aromatic N) is 2. The lowest BCUT2D eigenvalue weighted by atomic mass is 10.1. The zero-order valence-corrected chi connectivity index (χ0v) is 16.4. The van der Waals surface area contributed by atoms with E-state index >= 15 is 0 Å². The molecule has 0 spiro atoms. The number of fused-ring (bicyclic) bond motifs is 1. The number of hydrazine groups is 1. The standard InChI is InChI=1S/C22H17ClFN5O/c23-19-10-17(5-7-22(19)30-18-3-1-2-16(24)9-18)29-21(12-28-25)14-4-6-20-15(8-14)11-26-13-27-20/h1-13,28-29H,25H2. The van der Waals surface area contributed by atoms with Crippen molar-refractivity contribution in [1.29, 1.82) is 0 Å². The van der Waals surface area contributed by atoms with Gasteiger partial charge in [-0.05, 0) is 42.5 Å². The molecule has 0 aliphatic rings. The van der Waals surface area contributed by atoms with E-state index < -0.39 is 0 Å². The van der Waals surface area contributed by atoms with Gasteiger partial charge in [-0.15, -0.1) is 0 Å². The highest BCUT2D eigenvalue weighted by atomic mass is 35.5. The Hall–Kier alpha value is -3.68. The van der Waals surface area contributed by atoms with Crippen LogP contribution in [0.2, 0.25) is 5.02 Å². The minimum Gasteiger partial charge on any atom is -0.456 e. The molecule has 1 heterocycles. The van der Waals surface area contributed by atoms with Crippen molar-refractivity contribution in [3.63, 3.8) is 0 Å². The summed E-state index contributed by atoms with van der Waals surface area (Å²) < 4.78 is 19.0. The van der Waals surface area contributed by atoms with Crippen molar-refractivity contribution in [3.05, 3.63) is 95.8 Å². The number of aromatic nitrogens is 2. The Balaban J connectivity index is 1.57. The lowest BCUT2D eigenvalue weighted by Crippen LogP contribution is -2.16. The molecule has 0 radical (unpaired) electrons. The lowest BCUT2D eigenvalue weighted by molar-refractivity contribution is 0.477. The van der Waals surface area contributed by atoms with Gasteiger partial charge in [0.25, 0.3) is 0 Å². The number of rotatable bonds is 6. The van der Waals surface area contributed by atoms with Crippen molar-refractivity contribution in [1.82, 2.24) is 15.4 Å².